The maximum atomic E-state index is 4.09. The van der Waals surface area contributed by atoms with Crippen molar-refractivity contribution >= 4 is 0 Å². The Kier molecular flexibility index (Phi) is 4.74. The number of aromatic nitrogens is 2. The molecule has 0 aliphatic heterocycles. The van der Waals surface area contributed by atoms with Gasteiger partial charge in [0.05, 0.1) is 6.33 Å². The van der Waals surface area contributed by atoms with Crippen molar-refractivity contribution in [3.63, 3.8) is 0 Å². The maximum absolute atomic E-state index is 4.09. The molecule has 1 N–H and O–H groups in total. The Bertz CT molecular complexity index is 471. The minimum absolute atomic E-state index is 0.322. The van der Waals surface area contributed by atoms with E-state index in [0.29, 0.717) is 12.0 Å². The van der Waals surface area contributed by atoms with Gasteiger partial charge in [-0.05, 0) is 30.5 Å². The molecule has 1 unspecified atom stereocenters. The first-order valence-corrected chi connectivity index (χ1v) is 6.91. The van der Waals surface area contributed by atoms with E-state index < -0.39 is 0 Å². The van der Waals surface area contributed by atoms with Gasteiger partial charge < -0.3 is 9.88 Å². The summed E-state index contributed by atoms with van der Waals surface area (Å²) >= 11 is 0. The lowest BCUT2D eigenvalue weighted by molar-refractivity contribution is 0.500. The van der Waals surface area contributed by atoms with E-state index in [9.17, 15) is 0 Å². The molecule has 0 fully saturated rings. The van der Waals surface area contributed by atoms with Crippen molar-refractivity contribution in [1.82, 2.24) is 14.9 Å². The molecule has 1 atom stereocenters. The number of imidazole rings is 1. The minimum Gasteiger partial charge on any atom is -0.336 e. The number of hydrogen-bond acceptors (Lipinski definition) is 2. The van der Waals surface area contributed by atoms with Gasteiger partial charge in [-0.1, -0.05) is 38.1 Å². The van der Waals surface area contributed by atoms with Crippen LogP contribution in [0.5, 0.6) is 0 Å². The second-order valence-corrected chi connectivity index (χ2v) is 5.44. The van der Waals surface area contributed by atoms with Gasteiger partial charge in [-0.3, -0.25) is 0 Å². The third kappa shape index (κ3) is 3.93. The average Bonchev–Trinajstić information content (AvgIpc) is 2.89. The molecule has 0 saturated carbocycles. The summed E-state index contributed by atoms with van der Waals surface area (Å²) in [5.41, 5.74) is 2.74. The van der Waals surface area contributed by atoms with E-state index in [4.69, 9.17) is 0 Å². The predicted molar refractivity (Wildman–Crippen MR) is 79.0 cm³/mol. The maximum Gasteiger partial charge on any atom is 0.0946 e. The third-order valence-electron chi connectivity index (χ3n) is 3.33. The van der Waals surface area contributed by atoms with Gasteiger partial charge in [0.2, 0.25) is 0 Å². The zero-order valence-corrected chi connectivity index (χ0v) is 12.0. The number of likely N-dealkylation sites (N-methyl/N-ethyl adjacent to an activating group) is 1. The van der Waals surface area contributed by atoms with Crippen LogP contribution in [0, 0.1) is 5.92 Å². The van der Waals surface area contributed by atoms with Crippen LogP contribution in [0.3, 0.4) is 0 Å². The number of benzene rings is 1. The van der Waals surface area contributed by atoms with Crippen LogP contribution in [0.25, 0.3) is 0 Å². The van der Waals surface area contributed by atoms with E-state index in [1.165, 1.54) is 11.1 Å². The number of rotatable bonds is 6. The van der Waals surface area contributed by atoms with Crippen LogP contribution < -0.4 is 5.32 Å². The van der Waals surface area contributed by atoms with E-state index in [-0.39, 0.29) is 0 Å². The summed E-state index contributed by atoms with van der Waals surface area (Å²) in [4.78, 5) is 4.09. The lowest BCUT2D eigenvalue weighted by atomic mass is 9.99. The Hall–Kier alpha value is -1.61. The quantitative estimate of drug-likeness (QED) is 0.862. The van der Waals surface area contributed by atoms with E-state index in [1.54, 1.807) is 0 Å². The van der Waals surface area contributed by atoms with E-state index in [0.717, 1.165) is 13.0 Å². The van der Waals surface area contributed by atoms with Crippen LogP contribution in [0.1, 0.15) is 31.0 Å². The van der Waals surface area contributed by atoms with Crippen LogP contribution >= 0.6 is 0 Å². The molecular formula is C16H23N3. The molecule has 19 heavy (non-hydrogen) atoms. The number of hydrogen-bond donors (Lipinski definition) is 1. The van der Waals surface area contributed by atoms with Crippen LogP contribution in [-0.4, -0.2) is 16.6 Å². The van der Waals surface area contributed by atoms with Gasteiger partial charge in [-0.2, -0.15) is 0 Å². The van der Waals surface area contributed by atoms with Crippen LogP contribution in [0.15, 0.2) is 43.0 Å². The second kappa shape index (κ2) is 6.53. The first-order valence-electron chi connectivity index (χ1n) is 6.91. The molecule has 0 spiro atoms. The molecule has 1 aromatic heterocycles. The predicted octanol–water partition coefficient (Wildman–Crippen LogP) is 3.04. The zero-order chi connectivity index (χ0) is 13.7. The lowest BCUT2D eigenvalue weighted by Crippen LogP contribution is -2.21. The Morgan fingerprint density at radius 1 is 1.21 bits per heavy atom. The topological polar surface area (TPSA) is 29.9 Å². The molecular weight excluding hydrogens is 234 g/mol. The van der Waals surface area contributed by atoms with Gasteiger partial charge >= 0.3 is 0 Å². The summed E-state index contributed by atoms with van der Waals surface area (Å²) in [5.74, 6) is 0.705. The molecule has 3 heteroatoms. The van der Waals surface area contributed by atoms with Crippen LogP contribution in [-0.2, 0) is 13.0 Å². The lowest BCUT2D eigenvalue weighted by Gasteiger charge is -2.18. The Balaban J connectivity index is 2.06. The highest BCUT2D eigenvalue weighted by molar-refractivity contribution is 5.25. The Labute approximate surface area is 115 Å². The van der Waals surface area contributed by atoms with Crippen LogP contribution in [0.2, 0.25) is 0 Å². The second-order valence-electron chi connectivity index (χ2n) is 5.44. The average molecular weight is 257 g/mol. The smallest absolute Gasteiger partial charge is 0.0946 e. The van der Waals surface area contributed by atoms with Crippen molar-refractivity contribution in [3.8, 4) is 0 Å². The van der Waals surface area contributed by atoms with E-state index in [1.807, 2.05) is 25.8 Å². The highest BCUT2D eigenvalue weighted by atomic mass is 15.1. The molecule has 2 aromatic rings. The Morgan fingerprint density at radius 2 is 1.95 bits per heavy atom. The summed E-state index contributed by atoms with van der Waals surface area (Å²) in [6.45, 7) is 5.41. The van der Waals surface area contributed by atoms with E-state index >= 15 is 0 Å². The van der Waals surface area contributed by atoms with Crippen molar-refractivity contribution in [2.45, 2.75) is 32.9 Å². The first kappa shape index (κ1) is 13.8. The highest BCUT2D eigenvalue weighted by Crippen LogP contribution is 2.17. The van der Waals surface area contributed by atoms with Crippen molar-refractivity contribution < 1.29 is 0 Å². The molecule has 0 amide bonds. The molecule has 0 aliphatic carbocycles. The van der Waals surface area contributed by atoms with Gasteiger partial charge in [-0.25, -0.2) is 4.98 Å². The zero-order valence-electron chi connectivity index (χ0n) is 12.0. The molecule has 1 aromatic carbocycles. The molecule has 1 heterocycles. The fourth-order valence-electron chi connectivity index (χ4n) is 2.33. The Morgan fingerprint density at radius 3 is 2.47 bits per heavy atom. The molecule has 0 aliphatic rings. The standard InChI is InChI=1S/C16H23N3/c1-13(2)10-14-4-6-15(7-5-14)16(17-3)11-19-9-8-18-12-19/h4-9,12-13,16-17H,10-11H2,1-3H3. The molecule has 0 bridgehead atoms. The van der Waals surface area contributed by atoms with Crippen molar-refractivity contribution in [2.24, 2.45) is 5.92 Å². The number of nitrogens with one attached hydrogen (secondary N) is 1. The summed E-state index contributed by atoms with van der Waals surface area (Å²) in [6, 6.07) is 9.27. The largest absolute Gasteiger partial charge is 0.336 e. The normalized spacial score (nSPS) is 12.8. The SMILES string of the molecule is CNC(Cn1ccnc1)c1ccc(CC(C)C)cc1. The molecule has 2 rings (SSSR count). The van der Waals surface area contributed by atoms with Crippen molar-refractivity contribution in [2.75, 3.05) is 7.05 Å². The molecule has 102 valence electrons. The molecule has 3 nitrogen and oxygen atoms in total. The van der Waals surface area contributed by atoms with Gasteiger partial charge in [-0.15, -0.1) is 0 Å². The summed E-state index contributed by atoms with van der Waals surface area (Å²) in [7, 11) is 2.00. The van der Waals surface area contributed by atoms with Crippen molar-refractivity contribution in [1.29, 1.82) is 0 Å². The van der Waals surface area contributed by atoms with E-state index in [2.05, 4.69) is 53.0 Å². The summed E-state index contributed by atoms with van der Waals surface area (Å²) in [5, 5.41) is 3.37. The third-order valence-corrected chi connectivity index (χ3v) is 3.33. The van der Waals surface area contributed by atoms with Gasteiger partial charge in [0.25, 0.3) is 0 Å². The fraction of sp³-hybridized carbons (Fsp3) is 0.438. The summed E-state index contributed by atoms with van der Waals surface area (Å²) in [6.07, 6.45) is 6.82. The van der Waals surface area contributed by atoms with Crippen LogP contribution in [0.4, 0.5) is 0 Å². The fourth-order valence-corrected chi connectivity index (χ4v) is 2.33. The van der Waals surface area contributed by atoms with Gasteiger partial charge in [0.15, 0.2) is 0 Å². The minimum atomic E-state index is 0.322. The van der Waals surface area contributed by atoms with Crippen molar-refractivity contribution in [3.05, 3.63) is 54.1 Å². The van der Waals surface area contributed by atoms with Gasteiger partial charge in [0, 0.05) is 25.0 Å². The summed E-state index contributed by atoms with van der Waals surface area (Å²) < 4.78 is 2.10. The number of nitrogens with zero attached hydrogens (tertiary/aromatic N) is 2. The van der Waals surface area contributed by atoms with Gasteiger partial charge in [0.1, 0.15) is 0 Å². The highest BCUT2D eigenvalue weighted by Gasteiger charge is 2.09. The molecule has 0 saturated heterocycles. The monoisotopic (exact) mass is 257 g/mol. The first-order chi connectivity index (χ1) is 9.19. The molecule has 0 radical (unpaired) electrons.